The lowest BCUT2D eigenvalue weighted by Crippen LogP contribution is -2.55. The number of primary amides is 1. The molecule has 0 saturated heterocycles. The molecule has 0 aliphatic rings. The molecule has 0 aromatic carbocycles. The van der Waals surface area contributed by atoms with E-state index in [1.807, 2.05) is 40.7 Å². The first-order valence-electron chi connectivity index (χ1n) is 16.4. The van der Waals surface area contributed by atoms with Gasteiger partial charge >= 0.3 is 0 Å². The zero-order chi connectivity index (χ0) is 36.1. The summed E-state index contributed by atoms with van der Waals surface area (Å²) in [6.07, 6.45) is 5.40. The van der Waals surface area contributed by atoms with Gasteiger partial charge in [0.05, 0.1) is 17.7 Å². The van der Waals surface area contributed by atoms with E-state index in [-0.39, 0.29) is 41.5 Å². The number of nitrogens with one attached hydrogen (secondary N) is 5. The molecule has 0 spiro atoms. The number of nitriles is 1. The summed E-state index contributed by atoms with van der Waals surface area (Å²) in [6, 6.07) is 3.04. The van der Waals surface area contributed by atoms with Gasteiger partial charge in [-0.2, -0.15) is 5.26 Å². The number of rotatable bonds is 19. The molecule has 3 unspecified atom stereocenters. The van der Waals surface area contributed by atoms with Crippen LogP contribution in [0.1, 0.15) is 97.9 Å². The SMILES string of the molecule is CCNC(=O)C(NC(=O)[C@H](C)NCC(CC(C)C)NC(=O)CCCC#N)C(C)C.CC[C@H](C)C(NC(=O)c1cc[n+](O)cc1)C(N)=O. The zero-order valence-electron chi connectivity index (χ0n) is 29.3. The van der Waals surface area contributed by atoms with Gasteiger partial charge in [-0.05, 0) is 44.4 Å². The summed E-state index contributed by atoms with van der Waals surface area (Å²) < 4.78 is 0.830. The van der Waals surface area contributed by atoms with Crippen LogP contribution >= 0.6 is 0 Å². The van der Waals surface area contributed by atoms with Crippen LogP contribution in [-0.4, -0.2) is 72.0 Å². The Morgan fingerprint density at radius 3 is 2.04 bits per heavy atom. The molecule has 264 valence electrons. The number of nitrogens with zero attached hydrogens (tertiary/aromatic N) is 2. The number of nitrogens with two attached hydrogens (primary N) is 1. The summed E-state index contributed by atoms with van der Waals surface area (Å²) in [4.78, 5) is 59.9. The number of carbonyl (C=O) groups excluding carboxylic acids is 5. The number of hydrogen-bond donors (Lipinski definition) is 7. The number of pyridine rings is 1. The monoisotopic (exact) mass is 661 g/mol. The van der Waals surface area contributed by atoms with Gasteiger partial charge < -0.3 is 32.3 Å². The summed E-state index contributed by atoms with van der Waals surface area (Å²) >= 11 is 0. The standard InChI is InChI=1S/C21H39N5O3.C12H17N3O3/c1-7-23-21(29)19(15(4)5)26-20(28)16(6)24-13-17(12-14(2)3)25-18(27)10-8-9-11-22;1-3-8(2)10(11(13)16)14-12(17)9-4-6-15(18)7-5-9/h14-17,19,24H,7-10,12-13H2,1-6H3,(H,23,29)(H,25,27)(H,26,28);4-8,10H,3H2,1-2H3,(H3-,13,14,16,17,18)/p+1/t16-,17?,19?;8-,10?/m00/s1. The van der Waals surface area contributed by atoms with E-state index >= 15 is 0 Å². The van der Waals surface area contributed by atoms with Crippen LogP contribution in [0.25, 0.3) is 0 Å². The molecule has 1 aromatic rings. The minimum absolute atomic E-state index is 0.0286. The highest BCUT2D eigenvalue weighted by Gasteiger charge is 2.27. The Balaban J connectivity index is 0.00000100. The molecule has 14 nitrogen and oxygen atoms in total. The van der Waals surface area contributed by atoms with E-state index in [9.17, 15) is 24.0 Å². The smallest absolute Gasteiger partial charge is 0.252 e. The number of carbonyl (C=O) groups is 5. The molecule has 8 N–H and O–H groups in total. The van der Waals surface area contributed by atoms with Crippen molar-refractivity contribution in [2.45, 2.75) is 112 Å². The summed E-state index contributed by atoms with van der Waals surface area (Å²) in [7, 11) is 0. The Kier molecular flexibility index (Phi) is 21.0. The van der Waals surface area contributed by atoms with Gasteiger partial charge in [0.15, 0.2) is 0 Å². The molecular formula is C33H57N8O6+. The second-order valence-electron chi connectivity index (χ2n) is 12.4. The normalized spacial score (nSPS) is 13.9. The van der Waals surface area contributed by atoms with Gasteiger partial charge in [0.25, 0.3) is 5.91 Å². The van der Waals surface area contributed by atoms with Crippen LogP contribution in [0.5, 0.6) is 0 Å². The average Bonchev–Trinajstić information content (AvgIpc) is 3.00. The zero-order valence-corrected chi connectivity index (χ0v) is 29.3. The van der Waals surface area contributed by atoms with Crippen LogP contribution in [0, 0.1) is 29.1 Å². The quantitative estimate of drug-likeness (QED) is 0.0649. The van der Waals surface area contributed by atoms with Crippen molar-refractivity contribution in [2.24, 2.45) is 23.5 Å². The van der Waals surface area contributed by atoms with E-state index < -0.39 is 24.0 Å². The van der Waals surface area contributed by atoms with Crippen molar-refractivity contribution < 1.29 is 33.9 Å². The van der Waals surface area contributed by atoms with Crippen molar-refractivity contribution in [1.82, 2.24) is 26.6 Å². The topological polar surface area (TPSA) is 219 Å². The predicted octanol–water partition coefficient (Wildman–Crippen LogP) is 1.31. The highest BCUT2D eigenvalue weighted by Crippen LogP contribution is 2.09. The third-order valence-corrected chi connectivity index (χ3v) is 7.36. The van der Waals surface area contributed by atoms with Crippen molar-refractivity contribution >= 4 is 29.5 Å². The fraction of sp³-hybridized carbons (Fsp3) is 0.667. The minimum atomic E-state index is -0.691. The van der Waals surface area contributed by atoms with Gasteiger partial charge in [-0.15, -0.1) is 0 Å². The first-order valence-corrected chi connectivity index (χ1v) is 16.4. The number of hydrogen-bond acceptors (Lipinski definition) is 8. The summed E-state index contributed by atoms with van der Waals surface area (Å²) in [5, 5.41) is 31.9. The summed E-state index contributed by atoms with van der Waals surface area (Å²) in [6.45, 7) is 16.2. The molecule has 5 amide bonds. The summed E-state index contributed by atoms with van der Waals surface area (Å²) in [5.41, 5.74) is 5.62. The van der Waals surface area contributed by atoms with E-state index in [1.165, 1.54) is 24.5 Å². The van der Waals surface area contributed by atoms with Gasteiger partial charge in [0, 0.05) is 48.8 Å². The van der Waals surface area contributed by atoms with Crippen molar-refractivity contribution in [1.29, 1.82) is 5.26 Å². The molecule has 0 radical (unpaired) electrons. The van der Waals surface area contributed by atoms with Crippen LogP contribution in [0.4, 0.5) is 0 Å². The second kappa shape index (κ2) is 23.1. The predicted molar refractivity (Wildman–Crippen MR) is 177 cm³/mol. The maximum absolute atomic E-state index is 12.5. The molecule has 1 rings (SSSR count). The lowest BCUT2D eigenvalue weighted by molar-refractivity contribution is -0.904. The lowest BCUT2D eigenvalue weighted by atomic mass is 9.98. The molecule has 5 atom stereocenters. The number of unbranched alkanes of at least 4 members (excludes halogenated alkanes) is 1. The molecular weight excluding hydrogens is 604 g/mol. The molecule has 1 aromatic heterocycles. The maximum atomic E-state index is 12.5. The van der Waals surface area contributed by atoms with Crippen LogP contribution in [0.2, 0.25) is 0 Å². The van der Waals surface area contributed by atoms with E-state index in [0.717, 1.165) is 17.6 Å². The van der Waals surface area contributed by atoms with E-state index in [4.69, 9.17) is 16.2 Å². The summed E-state index contributed by atoms with van der Waals surface area (Å²) in [5.74, 6) is -1.14. The van der Waals surface area contributed by atoms with Crippen LogP contribution in [0.15, 0.2) is 24.5 Å². The first-order chi connectivity index (χ1) is 22.1. The van der Waals surface area contributed by atoms with Crippen molar-refractivity contribution in [3.63, 3.8) is 0 Å². The third-order valence-electron chi connectivity index (χ3n) is 7.36. The Labute approximate surface area is 279 Å². The molecule has 14 heteroatoms. The highest BCUT2D eigenvalue weighted by molar-refractivity contribution is 5.97. The van der Waals surface area contributed by atoms with Crippen molar-refractivity contribution in [3.05, 3.63) is 30.1 Å². The molecule has 0 aliphatic carbocycles. The Morgan fingerprint density at radius 1 is 0.936 bits per heavy atom. The Morgan fingerprint density at radius 2 is 1.55 bits per heavy atom. The molecule has 1 heterocycles. The molecule has 47 heavy (non-hydrogen) atoms. The van der Waals surface area contributed by atoms with Gasteiger partial charge in [0.1, 0.15) is 12.1 Å². The van der Waals surface area contributed by atoms with Crippen molar-refractivity contribution in [2.75, 3.05) is 13.1 Å². The van der Waals surface area contributed by atoms with E-state index in [2.05, 4.69) is 40.4 Å². The van der Waals surface area contributed by atoms with Gasteiger partial charge in [-0.25, -0.2) is 0 Å². The molecule has 0 aliphatic heterocycles. The van der Waals surface area contributed by atoms with Gasteiger partial charge in [-0.1, -0.05) is 48.0 Å². The van der Waals surface area contributed by atoms with Gasteiger partial charge in [-0.3, -0.25) is 29.2 Å². The largest absolute Gasteiger partial charge is 0.368 e. The van der Waals surface area contributed by atoms with E-state index in [1.54, 1.807) is 6.92 Å². The lowest BCUT2D eigenvalue weighted by Gasteiger charge is -2.26. The second-order valence-corrected chi connectivity index (χ2v) is 12.4. The average molecular weight is 662 g/mol. The molecule has 0 saturated carbocycles. The maximum Gasteiger partial charge on any atom is 0.252 e. The third kappa shape index (κ3) is 17.9. The fourth-order valence-corrected chi connectivity index (χ4v) is 4.42. The fourth-order valence-electron chi connectivity index (χ4n) is 4.42. The molecule has 0 bridgehead atoms. The van der Waals surface area contributed by atoms with Crippen LogP contribution in [0.3, 0.4) is 0 Å². The van der Waals surface area contributed by atoms with Crippen LogP contribution in [-0.2, 0) is 19.2 Å². The van der Waals surface area contributed by atoms with Crippen molar-refractivity contribution in [3.8, 4) is 6.07 Å². The number of likely N-dealkylation sites (N-methyl/N-ethyl adjacent to an activating group) is 1. The first kappa shape index (κ1) is 42.8. The number of amides is 5. The Bertz CT molecular complexity index is 1170. The highest BCUT2D eigenvalue weighted by atomic mass is 16.5. The minimum Gasteiger partial charge on any atom is -0.368 e. The van der Waals surface area contributed by atoms with Crippen LogP contribution < -0.4 is 37.0 Å². The Hall–Kier alpha value is -4.25. The molecule has 0 fully saturated rings. The van der Waals surface area contributed by atoms with Gasteiger partial charge in [0.2, 0.25) is 36.0 Å². The number of aromatic nitrogens is 1. The van der Waals surface area contributed by atoms with E-state index in [0.29, 0.717) is 43.8 Å².